The molecule has 0 spiro atoms. The first kappa shape index (κ1) is 57.7. The van der Waals surface area contributed by atoms with E-state index in [-0.39, 0.29) is 0 Å². The van der Waals surface area contributed by atoms with E-state index >= 15 is 0 Å². The van der Waals surface area contributed by atoms with Crippen molar-refractivity contribution in [2.75, 3.05) is 0 Å². The van der Waals surface area contributed by atoms with Crippen molar-refractivity contribution in [2.24, 2.45) is 0 Å². The first-order valence-electron chi connectivity index (χ1n) is 35.0. The van der Waals surface area contributed by atoms with Crippen molar-refractivity contribution in [3.05, 3.63) is 322 Å². The molecule has 104 heavy (non-hydrogen) atoms. The molecule has 0 amide bonds. The molecule has 22 aromatic rings. The Bertz CT molecular complexity index is 7330. The van der Waals surface area contributed by atoms with Gasteiger partial charge in [-0.1, -0.05) is 212 Å². The van der Waals surface area contributed by atoms with Crippen molar-refractivity contribution in [3.63, 3.8) is 0 Å². The van der Waals surface area contributed by atoms with Crippen molar-refractivity contribution in [1.82, 2.24) is 44.9 Å². The monoisotopic (exact) mass is 1320 g/mol. The first-order chi connectivity index (χ1) is 51.5. The number of hydrogen-bond acceptors (Lipinski definition) is 9. The molecule has 9 heteroatoms. The summed E-state index contributed by atoms with van der Waals surface area (Å²) in [6, 6.07) is 104. The second kappa shape index (κ2) is 22.7. The lowest BCUT2D eigenvalue weighted by Gasteiger charge is -2.17. The third-order valence-corrected chi connectivity index (χ3v) is 21.4. The van der Waals surface area contributed by atoms with Gasteiger partial charge in [-0.3, -0.25) is 19.9 Å². The van der Waals surface area contributed by atoms with Gasteiger partial charge < -0.3 is 0 Å². The first-order valence-corrected chi connectivity index (χ1v) is 35.0. The Labute approximate surface area is 594 Å². The van der Waals surface area contributed by atoms with Crippen LogP contribution in [0.25, 0.3) is 231 Å². The zero-order chi connectivity index (χ0) is 68.1. The quantitative estimate of drug-likeness (QED) is 0.130. The minimum Gasteiger partial charge on any atom is -0.264 e. The molecule has 0 fully saturated rings. The molecule has 0 saturated heterocycles. The molecule has 9 nitrogen and oxygen atoms in total. The van der Waals surface area contributed by atoms with Crippen LogP contribution < -0.4 is 0 Å². The SMILES string of the molecule is c1cncc(-c2ccc(-c3ccc4ccc5c(-c6ccc7ccc8c(-c9ccc(-c%10ccc(-c%11ccc%12ccc%13c(-c%14ccc%15ccc%16ccc(-c%17ccc%18ncccc%18c%17)nc%16c%15n%14)ccc%14ccc%11c%12c%14%13)cn%10)cc9)cc(-c9ccc%10ccccc%10n9)nc8c7n6)ccc6ccc3c4c65)cn2)c1. The van der Waals surface area contributed by atoms with E-state index in [0.29, 0.717) is 0 Å². The Hall–Kier alpha value is -14.2. The summed E-state index contributed by atoms with van der Waals surface area (Å²) in [5.41, 5.74) is 22.9. The smallest absolute Gasteiger partial charge is 0.0979 e. The van der Waals surface area contributed by atoms with Crippen molar-refractivity contribution >= 4 is 130 Å². The number of benzene rings is 13. The van der Waals surface area contributed by atoms with E-state index in [2.05, 4.69) is 271 Å². The summed E-state index contributed by atoms with van der Waals surface area (Å²) in [6.45, 7) is 0. The van der Waals surface area contributed by atoms with E-state index in [0.717, 1.165) is 177 Å². The molecule has 22 rings (SSSR count). The molecule has 9 aromatic heterocycles. The lowest BCUT2D eigenvalue weighted by Crippen LogP contribution is -1.96. The Morgan fingerprint density at radius 2 is 0.625 bits per heavy atom. The summed E-state index contributed by atoms with van der Waals surface area (Å²) in [4.78, 5) is 46.1. The molecule has 0 aliphatic heterocycles. The summed E-state index contributed by atoms with van der Waals surface area (Å²) in [6.07, 6.45) is 9.47. The molecule has 0 radical (unpaired) electrons. The lowest BCUT2D eigenvalue weighted by molar-refractivity contribution is 1.28. The second-order valence-electron chi connectivity index (χ2n) is 27.2. The molecule has 0 unspecified atom stereocenters. The van der Waals surface area contributed by atoms with Crippen molar-refractivity contribution < 1.29 is 0 Å². The molecule has 9 heterocycles. The fourth-order valence-corrected chi connectivity index (χ4v) is 16.2. The normalized spacial score (nSPS) is 12.0. The summed E-state index contributed by atoms with van der Waals surface area (Å²) in [5.74, 6) is 0. The number of hydrogen-bond donors (Lipinski definition) is 0. The largest absolute Gasteiger partial charge is 0.264 e. The van der Waals surface area contributed by atoms with E-state index < -0.39 is 0 Å². The van der Waals surface area contributed by atoms with Gasteiger partial charge in [0.2, 0.25) is 0 Å². The topological polar surface area (TPSA) is 116 Å². The Morgan fingerprint density at radius 3 is 1.23 bits per heavy atom. The third kappa shape index (κ3) is 9.17. The van der Waals surface area contributed by atoms with Crippen molar-refractivity contribution in [1.29, 1.82) is 0 Å². The molecular formula is C95H53N9. The maximum Gasteiger partial charge on any atom is 0.0979 e. The van der Waals surface area contributed by atoms with E-state index in [1.807, 2.05) is 55.1 Å². The van der Waals surface area contributed by atoms with E-state index in [1.54, 1.807) is 6.20 Å². The molecule has 0 atom stereocenters. The highest BCUT2D eigenvalue weighted by atomic mass is 14.8. The summed E-state index contributed by atoms with van der Waals surface area (Å²) in [5, 5.41) is 20.6. The van der Waals surface area contributed by atoms with Crippen LogP contribution >= 0.6 is 0 Å². The fourth-order valence-electron chi connectivity index (χ4n) is 16.2. The fraction of sp³-hybridized carbons (Fsp3) is 0. The van der Waals surface area contributed by atoms with Gasteiger partial charge in [0.05, 0.1) is 73.0 Å². The third-order valence-electron chi connectivity index (χ3n) is 21.4. The van der Waals surface area contributed by atoms with Crippen LogP contribution in [0.5, 0.6) is 0 Å². The highest BCUT2D eigenvalue weighted by Gasteiger charge is 2.22. The summed E-state index contributed by atoms with van der Waals surface area (Å²) >= 11 is 0. The van der Waals surface area contributed by atoms with E-state index in [9.17, 15) is 0 Å². The zero-order valence-corrected chi connectivity index (χ0v) is 55.6. The maximum atomic E-state index is 5.63. The van der Waals surface area contributed by atoms with Crippen LogP contribution in [-0.4, -0.2) is 44.9 Å². The van der Waals surface area contributed by atoms with Gasteiger partial charge in [0.1, 0.15) is 0 Å². The molecular weight excluding hydrogens is 1270 g/mol. The number of rotatable bonds is 9. The predicted octanol–water partition coefficient (Wildman–Crippen LogP) is 24.0. The average Bonchev–Trinajstić information content (AvgIpc) is 0.733. The van der Waals surface area contributed by atoms with Gasteiger partial charge in [-0.05, 0) is 166 Å². The van der Waals surface area contributed by atoms with Gasteiger partial charge >= 0.3 is 0 Å². The minimum atomic E-state index is 0.770. The minimum absolute atomic E-state index is 0.770. The summed E-state index contributed by atoms with van der Waals surface area (Å²) < 4.78 is 0. The standard InChI is InChI=1S/C95H53N9/c1-2-8-82-55(5-1)24-46-86(100-82)87-50-78(77-39-23-63-27-45-85(103-94(63)95(77)104-87)72-34-18-60-20-36-74-70(32-16-58-22-38-76(72)91(60)89(58)74)67-30-42-81(99-53-67)68-7-3-47-96-51-68)54-9-11-56(12-10-54)79-41-29-66(52-98-79)69-31-15-57-21-37-75-71(33-17-59-19-35-73(69)88(57)90(59)75)84-44-26-62-14-13-61-25-43-83(101-92(61)93(62)102-84)65-28-40-80-64(49-65)6-4-48-97-80/h1-53H. The van der Waals surface area contributed by atoms with Crippen molar-refractivity contribution in [2.45, 2.75) is 0 Å². The van der Waals surface area contributed by atoms with Crippen LogP contribution in [0.2, 0.25) is 0 Å². The second-order valence-corrected chi connectivity index (χ2v) is 27.2. The van der Waals surface area contributed by atoms with E-state index in [4.69, 9.17) is 34.9 Å². The average molecular weight is 1320 g/mol. The molecule has 0 aliphatic rings. The van der Waals surface area contributed by atoms with Crippen LogP contribution in [0.3, 0.4) is 0 Å². The zero-order valence-electron chi connectivity index (χ0n) is 55.6. The van der Waals surface area contributed by atoms with Gasteiger partial charge in [0.25, 0.3) is 0 Å². The number of para-hydroxylation sites is 1. The molecule has 0 bridgehead atoms. The lowest BCUT2D eigenvalue weighted by atomic mass is 9.88. The highest BCUT2D eigenvalue weighted by Crippen LogP contribution is 2.46. The molecule has 0 saturated carbocycles. The predicted molar refractivity (Wildman–Crippen MR) is 428 cm³/mol. The van der Waals surface area contributed by atoms with Crippen LogP contribution in [0, 0.1) is 0 Å². The molecule has 478 valence electrons. The van der Waals surface area contributed by atoms with Gasteiger partial charge in [0.15, 0.2) is 0 Å². The van der Waals surface area contributed by atoms with E-state index in [1.165, 1.54) is 53.9 Å². The summed E-state index contributed by atoms with van der Waals surface area (Å²) in [7, 11) is 0. The van der Waals surface area contributed by atoms with Crippen LogP contribution in [0.1, 0.15) is 0 Å². The van der Waals surface area contributed by atoms with Gasteiger partial charge in [-0.25, -0.2) is 24.9 Å². The van der Waals surface area contributed by atoms with Gasteiger partial charge in [0, 0.05) is 102 Å². The maximum absolute atomic E-state index is 5.63. The van der Waals surface area contributed by atoms with Crippen LogP contribution in [0.15, 0.2) is 322 Å². The number of aromatic nitrogens is 9. The molecule has 0 aliphatic carbocycles. The molecule has 13 aromatic carbocycles. The van der Waals surface area contributed by atoms with Gasteiger partial charge in [-0.2, -0.15) is 0 Å². The number of nitrogens with zero attached hydrogens (tertiary/aromatic N) is 9. The number of pyridine rings is 9. The van der Waals surface area contributed by atoms with Gasteiger partial charge in [-0.15, -0.1) is 0 Å². The van der Waals surface area contributed by atoms with Crippen LogP contribution in [-0.2, 0) is 0 Å². The Balaban J connectivity index is 0.607. The molecule has 0 N–H and O–H groups in total. The Kier molecular flexibility index (Phi) is 12.6. The number of fused-ring (bicyclic) bond motifs is 8. The highest BCUT2D eigenvalue weighted by molar-refractivity contribution is 6.29. The van der Waals surface area contributed by atoms with Crippen molar-refractivity contribution in [3.8, 4) is 101 Å². The van der Waals surface area contributed by atoms with Crippen LogP contribution in [0.4, 0.5) is 0 Å². The Morgan fingerprint density at radius 1 is 0.183 bits per heavy atom.